The summed E-state index contributed by atoms with van der Waals surface area (Å²) in [5, 5.41) is 27.3. The van der Waals surface area contributed by atoms with Crippen molar-refractivity contribution in [1.82, 2.24) is 0 Å². The van der Waals surface area contributed by atoms with Gasteiger partial charge in [-0.2, -0.15) is 0 Å². The summed E-state index contributed by atoms with van der Waals surface area (Å²) in [6, 6.07) is 0. The number of aliphatic carboxylic acids is 2. The van der Waals surface area contributed by atoms with Gasteiger partial charge in [-0.1, -0.05) is 370 Å². The number of hydrogen-bond acceptors (Lipinski definition) is 19. The second-order valence-corrected chi connectivity index (χ2v) is 42.1. The molecule has 0 aliphatic heterocycles. The minimum Gasteiger partial charge on any atom is -1.00 e. The molecule has 0 amide bonds. The molecule has 2 N–H and O–H groups in total. The number of ether oxygens (including phenoxy) is 4. The summed E-state index contributed by atoms with van der Waals surface area (Å²) in [7, 11) is 0. The second-order valence-electron chi connectivity index (χ2n) is 41.5. The first-order chi connectivity index (χ1) is 67.4. The van der Waals surface area contributed by atoms with Crippen LogP contribution in [0.2, 0.25) is 0 Å². The Morgan fingerprint density at radius 1 is 0.359 bits per heavy atom. The zero-order valence-electron chi connectivity index (χ0n) is 92.6. The molecule has 0 aromatic heterocycles. The third-order valence-electron chi connectivity index (χ3n) is 27.0. The van der Waals surface area contributed by atoms with Crippen LogP contribution in [-0.2, 0) is 86.2 Å². The monoisotopic (exact) mass is 2300 g/mol. The molecule has 4 atom stereocenters. The molecule has 7 rings (SSSR count). The second kappa shape index (κ2) is 72.6. The van der Waals surface area contributed by atoms with Gasteiger partial charge in [-0.3, -0.25) is 62.3 Å². The number of alkyl halides is 1. The average Bonchev–Trinajstić information content (AvgIpc) is 0.794. The summed E-state index contributed by atoms with van der Waals surface area (Å²) in [4.78, 5) is 159. The largest absolute Gasteiger partial charge is 1.00 e. The predicted molar refractivity (Wildman–Crippen MR) is 575 cm³/mol. The summed E-state index contributed by atoms with van der Waals surface area (Å²) in [5.74, 6) is -2.74. The van der Waals surface area contributed by atoms with Gasteiger partial charge < -0.3 is 40.7 Å². The number of Topliss-reactive ketones (excluding diaryl/α,β-unsaturated/α-hetero) is 6. The van der Waals surface area contributed by atoms with Crippen LogP contribution < -0.4 is 143 Å². The third kappa shape index (κ3) is 54.6. The van der Waals surface area contributed by atoms with E-state index >= 15 is 0 Å². The van der Waals surface area contributed by atoms with E-state index in [0.717, 1.165) is 80.1 Å². The van der Waals surface area contributed by atoms with E-state index in [1.165, 1.54) is 107 Å². The van der Waals surface area contributed by atoms with Crippen molar-refractivity contribution in [2.45, 2.75) is 369 Å². The molecular weight excluding hydrogens is 2140 g/mol. The van der Waals surface area contributed by atoms with E-state index in [2.05, 4.69) is 74.2 Å². The van der Waals surface area contributed by atoms with Crippen LogP contribution in [0.5, 0.6) is 0 Å². The Hall–Kier alpha value is -6.87. The summed E-state index contributed by atoms with van der Waals surface area (Å²) >= 11 is 3.51. The maximum Gasteiger partial charge on any atom is 1.00 e. The quantitative estimate of drug-likeness (QED) is 0.0109. The Morgan fingerprint density at radius 3 is 0.814 bits per heavy atom. The molecule has 0 saturated heterocycles. The van der Waals surface area contributed by atoms with Crippen LogP contribution in [0.4, 0.5) is 0 Å². The number of hydrogen-bond donors (Lipinski definition) is 2. The Bertz CT molecular complexity index is 4970. The van der Waals surface area contributed by atoms with E-state index in [1.807, 2.05) is 236 Å². The van der Waals surface area contributed by atoms with Crippen molar-refractivity contribution >= 4 is 92.9 Å². The van der Waals surface area contributed by atoms with E-state index in [9.17, 15) is 57.5 Å². The standard InChI is InChI=1S/C48H60O10.C33H46O4.C32H46O4.C7H13Br.CH2O3.2Cs.H/c1-31(17-13-19-33(3)21-23-37-35(5)45(55)39(29-47(37,7)8)57-43(53)27-25-41(49)50)15-11-12-16-32(2)18-14-20-34(4)22-24-38-36(6)46(56)40(30-48(38,9)10)58-44(54)28-26-42(51)52;1-7-12-24(2)13-11-14-25(3)17-21-29-26(4)32(36)30(23-33(29,5)6)37-31(35)22-20-28(34)19-18-27-15-9-8-10-16-27;1-7-23(2)12-11-13-24(3)16-20-28-25(4)31(35)29(22-32(28,5)6)36-30(34)21-19-27(33)18-17-26-14-9-8-10-15-26;8-6-7-4-2-1-3-5-7;2-1-4-3;;;/h11-24,39-40H,25-30H2,1-10H3,(H,49,50)(H,51,52);7,11-14,17,21,27,30H,1,8-10,15-16,18-20,22-23H2,2-6H3;7,11-13,16,20,26,29H,8-10,14-15,17-19,21-22H2,1-6H3;7H,1-6H2;1,3H;;;/q;;;;;2*+1;-1/p-1/b12-11+,17-13+,18-14+,23-21+,24-22+,31-15+,32-16+,33-19+,34-20+;13-11+,21-17+,24-12+,25-14+;12-11+,20-16+,23-7+,24-13+;;;;;. The van der Waals surface area contributed by atoms with Gasteiger partial charge in [0.2, 0.25) is 0 Å². The molecular formula is C121H167BrCs2O21. The van der Waals surface area contributed by atoms with Gasteiger partial charge in [0, 0.05) is 56.7 Å². The summed E-state index contributed by atoms with van der Waals surface area (Å²) in [6.07, 6.45) is 73.8. The van der Waals surface area contributed by atoms with E-state index in [1.54, 1.807) is 26.8 Å². The summed E-state index contributed by atoms with van der Waals surface area (Å²) < 4.78 is 21.9. The van der Waals surface area contributed by atoms with Crippen molar-refractivity contribution in [3.8, 4) is 0 Å². The van der Waals surface area contributed by atoms with Crippen LogP contribution in [0.1, 0.15) is 346 Å². The molecule has 7 aliphatic rings. The zero-order valence-corrected chi connectivity index (χ0v) is 106. The van der Waals surface area contributed by atoms with Crippen LogP contribution in [0.3, 0.4) is 0 Å². The Kier molecular flexibility index (Phi) is 68.1. The summed E-state index contributed by atoms with van der Waals surface area (Å²) in [5.41, 5.74) is 13.0. The zero-order chi connectivity index (χ0) is 107. The van der Waals surface area contributed by atoms with Gasteiger partial charge in [0.1, 0.15) is 11.6 Å². The Labute approximate surface area is 994 Å². The summed E-state index contributed by atoms with van der Waals surface area (Å²) in [6.45, 7) is 44.9. The molecule has 145 heavy (non-hydrogen) atoms. The van der Waals surface area contributed by atoms with Crippen molar-refractivity contribution in [3.05, 3.63) is 260 Å². The predicted octanol–water partition coefficient (Wildman–Crippen LogP) is 21.3. The molecule has 4 unspecified atom stereocenters. The molecule has 3 saturated carbocycles. The van der Waals surface area contributed by atoms with E-state index in [4.69, 9.17) is 39.2 Å². The van der Waals surface area contributed by atoms with Crippen LogP contribution >= 0.6 is 15.9 Å². The molecule has 0 spiro atoms. The minimum atomic E-state index is -1.09. The smallest absolute Gasteiger partial charge is 1.00 e. The maximum atomic E-state index is 13.1. The number of halogens is 1. The van der Waals surface area contributed by atoms with Gasteiger partial charge in [-0.05, 0) is 200 Å². The van der Waals surface area contributed by atoms with Crippen LogP contribution in [0.15, 0.2) is 260 Å². The molecule has 0 heterocycles. The number of carboxylic acid groups (broad SMARTS) is 2. The minimum absolute atomic E-state index is 0. The fourth-order valence-corrected chi connectivity index (χ4v) is 19.0. The van der Waals surface area contributed by atoms with Crippen LogP contribution in [0.25, 0.3) is 0 Å². The molecule has 21 nitrogen and oxygen atoms in total. The molecule has 0 bridgehead atoms. The third-order valence-corrected chi connectivity index (χ3v) is 28.0. The maximum absolute atomic E-state index is 13.1. The van der Waals surface area contributed by atoms with Crippen molar-refractivity contribution < 1.29 is 241 Å². The Morgan fingerprint density at radius 2 is 0.586 bits per heavy atom. The SMILES string of the molecule is BrCC1CCCCC1.C/C=C(C)/C=C/C=C(C)/C=C/C1=C(C)C(=O)C(OC(=O)CCC(=O)CCC2CCCCC2)CC1(C)C.C=C/C=C(C)/C=C/C=C(C)/C=C/C1=C(C)C(=O)C(OC(=O)CCC(=O)CCC2CCCCC2)CC1(C)C.CC1=C(/C=C/C(C)=C/C=C/C(C)=C/C=C/C=C(C)/C=C/C=C(C)/C=C/C2=C(C)C(=O)C(OC(=O)CCC(=O)O)CC2(C)C)C(C)(C)CC(OC(=O)CCC(=O)O)C1=O.O=CO[O-].[Cs+].[Cs+].[H-]. The number of rotatable bonds is 43. The Balaban J connectivity index is 0.00000208. The average molecular weight is 2300 g/mol. The number of carboxylic acids is 2. The van der Waals surface area contributed by atoms with Gasteiger partial charge in [0.05, 0.1) is 38.5 Å². The van der Waals surface area contributed by atoms with Gasteiger partial charge in [0.25, 0.3) is 6.47 Å². The first-order valence-corrected chi connectivity index (χ1v) is 52.2. The number of carbonyl (C=O) groups is 13. The first-order valence-electron chi connectivity index (χ1n) is 51.1. The van der Waals surface area contributed by atoms with Crippen molar-refractivity contribution in [2.75, 3.05) is 5.33 Å². The fraction of sp³-hybridized carbons (Fsp3) is 0.529. The van der Waals surface area contributed by atoms with Gasteiger partial charge in [-0.25, -0.2) is 0 Å². The van der Waals surface area contributed by atoms with Gasteiger partial charge >= 0.3 is 174 Å². The number of carbonyl (C=O) groups excluding carboxylic acids is 11. The molecule has 786 valence electrons. The van der Waals surface area contributed by atoms with Gasteiger partial charge in [-0.15, -0.1) is 0 Å². The number of esters is 4. The number of ketones is 6. The number of allylic oxidation sites excluding steroid dienone is 39. The van der Waals surface area contributed by atoms with Crippen LogP contribution in [-0.4, -0.2) is 117 Å². The van der Waals surface area contributed by atoms with Crippen molar-refractivity contribution in [2.24, 2.45) is 39.4 Å². The molecule has 3 fully saturated rings. The molecule has 0 radical (unpaired) electrons. The van der Waals surface area contributed by atoms with Crippen LogP contribution in [0, 0.1) is 39.4 Å². The normalized spacial score (nSPS) is 20.9. The molecule has 7 aliphatic carbocycles. The van der Waals surface area contributed by atoms with Crippen molar-refractivity contribution in [3.63, 3.8) is 0 Å². The molecule has 0 aromatic rings. The van der Waals surface area contributed by atoms with E-state index < -0.39 is 71.1 Å². The topological polar surface area (TPSA) is 332 Å². The van der Waals surface area contributed by atoms with Gasteiger partial charge in [0.15, 0.2) is 47.5 Å². The first kappa shape index (κ1) is 136. The van der Waals surface area contributed by atoms with E-state index in [-0.39, 0.29) is 243 Å². The van der Waals surface area contributed by atoms with E-state index in [0.29, 0.717) is 72.7 Å². The molecule has 24 heteroatoms. The van der Waals surface area contributed by atoms with Crippen molar-refractivity contribution in [1.29, 1.82) is 0 Å². The fourth-order valence-electron chi connectivity index (χ4n) is 18.4. The molecule has 0 aromatic carbocycles.